The molecule has 2 aromatic carbocycles. The van der Waals surface area contributed by atoms with Gasteiger partial charge in [0.15, 0.2) is 0 Å². The average Bonchev–Trinajstić information content (AvgIpc) is 2.59. The lowest BCUT2D eigenvalue weighted by Crippen LogP contribution is -2.44. The molecule has 8 heteroatoms. The molecule has 0 fully saturated rings. The Hall–Kier alpha value is -2.61. The molecule has 0 saturated heterocycles. The predicted molar refractivity (Wildman–Crippen MR) is 104 cm³/mol. The zero-order valence-corrected chi connectivity index (χ0v) is 16.1. The van der Waals surface area contributed by atoms with Crippen LogP contribution in [0.1, 0.15) is 30.0 Å². The lowest BCUT2D eigenvalue weighted by atomic mass is 10.1. The van der Waals surface area contributed by atoms with E-state index in [-0.39, 0.29) is 11.6 Å². The van der Waals surface area contributed by atoms with E-state index in [9.17, 15) is 17.6 Å². The highest BCUT2D eigenvalue weighted by Crippen LogP contribution is 2.28. The Bertz CT molecular complexity index is 976. The molecule has 0 radical (unpaired) electrons. The van der Waals surface area contributed by atoms with Gasteiger partial charge in [-0.05, 0) is 48.7 Å². The maximum atomic E-state index is 14.0. The zero-order valence-electron chi connectivity index (χ0n) is 15.3. The van der Waals surface area contributed by atoms with Gasteiger partial charge in [0.25, 0.3) is 0 Å². The van der Waals surface area contributed by atoms with Crippen LogP contribution in [0.5, 0.6) is 0 Å². The third-order valence-electron chi connectivity index (χ3n) is 4.32. The van der Waals surface area contributed by atoms with E-state index in [4.69, 9.17) is 0 Å². The largest absolute Gasteiger partial charge is 0.334 e. The monoisotopic (exact) mass is 391 g/mol. The van der Waals surface area contributed by atoms with Crippen molar-refractivity contribution in [2.45, 2.75) is 32.6 Å². The van der Waals surface area contributed by atoms with Gasteiger partial charge in [0.05, 0.1) is 11.4 Å². The molecule has 3 rings (SSSR count). The van der Waals surface area contributed by atoms with Crippen LogP contribution in [0.2, 0.25) is 0 Å². The molecule has 0 unspecified atom stereocenters. The number of hydrogen-bond donors (Lipinski definition) is 2. The molecule has 0 aromatic heterocycles. The minimum Gasteiger partial charge on any atom is -0.334 e. The number of aryl methyl sites for hydroxylation is 1. The molecule has 1 aliphatic rings. The lowest BCUT2D eigenvalue weighted by Gasteiger charge is -2.30. The molecule has 1 heterocycles. The van der Waals surface area contributed by atoms with Gasteiger partial charge in [-0.2, -0.15) is 0 Å². The molecule has 144 valence electrons. The maximum absolute atomic E-state index is 14.0. The Morgan fingerprint density at radius 2 is 2.00 bits per heavy atom. The first-order valence-corrected chi connectivity index (χ1v) is 10.4. The Morgan fingerprint density at radius 1 is 1.22 bits per heavy atom. The molecule has 0 spiro atoms. The molecule has 2 amide bonds. The van der Waals surface area contributed by atoms with Crippen molar-refractivity contribution >= 4 is 27.4 Å². The third-order valence-corrected chi connectivity index (χ3v) is 5.56. The Morgan fingerprint density at radius 3 is 2.70 bits per heavy atom. The number of sulfonamides is 1. The second kappa shape index (κ2) is 7.56. The molecule has 0 atom stereocenters. The summed E-state index contributed by atoms with van der Waals surface area (Å²) < 4.78 is 41.3. The number of urea groups is 1. The fraction of sp³-hybridized carbons (Fsp3) is 0.316. The highest BCUT2D eigenvalue weighted by Gasteiger charge is 2.24. The fourth-order valence-corrected chi connectivity index (χ4v) is 4.27. The van der Waals surface area contributed by atoms with E-state index in [0.29, 0.717) is 18.8 Å². The number of benzene rings is 2. The number of rotatable bonds is 6. The van der Waals surface area contributed by atoms with E-state index in [1.54, 1.807) is 36.1 Å². The molecule has 27 heavy (non-hydrogen) atoms. The first-order valence-electron chi connectivity index (χ1n) is 8.73. The van der Waals surface area contributed by atoms with Crippen molar-refractivity contribution < 1.29 is 17.6 Å². The smallest absolute Gasteiger partial charge is 0.322 e. The number of carbonyl (C=O) groups is 1. The summed E-state index contributed by atoms with van der Waals surface area (Å²) in [5.74, 6) is -0.988. The minimum atomic E-state index is -3.78. The summed E-state index contributed by atoms with van der Waals surface area (Å²) in [4.78, 5) is 13.6. The number of fused-ring (bicyclic) bond motifs is 1. The van der Waals surface area contributed by atoms with Gasteiger partial charge in [0.1, 0.15) is 5.82 Å². The first kappa shape index (κ1) is 19.2. The molecule has 0 saturated carbocycles. The second-order valence-electron chi connectivity index (χ2n) is 6.61. The number of halogens is 1. The van der Waals surface area contributed by atoms with Crippen LogP contribution in [-0.4, -0.2) is 21.0 Å². The zero-order chi connectivity index (χ0) is 19.6. The number of hydrogen-bond acceptors (Lipinski definition) is 3. The minimum absolute atomic E-state index is 0.118. The van der Waals surface area contributed by atoms with Crippen LogP contribution >= 0.6 is 0 Å². The molecule has 6 nitrogen and oxygen atoms in total. The van der Waals surface area contributed by atoms with E-state index in [1.807, 2.05) is 6.92 Å². The van der Waals surface area contributed by atoms with Crippen LogP contribution in [0.3, 0.4) is 0 Å². The lowest BCUT2D eigenvalue weighted by molar-refractivity contribution is 0.244. The standard InChI is InChI=1S/C19H22FN3O3S/c1-3-8-23-18-7-6-16(10-15(18)11-21-19(23)24)22-27(25,26)12-14-5-4-13(2)9-17(14)20/h4-7,9-10,22H,3,8,11-12H2,1-2H3,(H,21,24). The van der Waals surface area contributed by atoms with Crippen molar-refractivity contribution in [1.29, 1.82) is 0 Å². The summed E-state index contributed by atoms with van der Waals surface area (Å²) in [7, 11) is -3.78. The molecule has 0 bridgehead atoms. The van der Waals surface area contributed by atoms with Crippen LogP contribution in [0.15, 0.2) is 36.4 Å². The van der Waals surface area contributed by atoms with Crippen molar-refractivity contribution in [1.82, 2.24) is 5.32 Å². The highest BCUT2D eigenvalue weighted by molar-refractivity contribution is 7.91. The third kappa shape index (κ3) is 4.39. The number of amides is 2. The summed E-state index contributed by atoms with van der Waals surface area (Å²) in [6.07, 6.45) is 0.809. The van der Waals surface area contributed by atoms with E-state index >= 15 is 0 Å². The first-order chi connectivity index (χ1) is 12.8. The molecule has 2 N–H and O–H groups in total. The van der Waals surface area contributed by atoms with Gasteiger partial charge in [-0.25, -0.2) is 17.6 Å². The van der Waals surface area contributed by atoms with Crippen LogP contribution in [0.4, 0.5) is 20.6 Å². The van der Waals surface area contributed by atoms with E-state index in [2.05, 4.69) is 10.0 Å². The second-order valence-corrected chi connectivity index (χ2v) is 8.33. The Kier molecular flexibility index (Phi) is 5.36. The molecule has 1 aliphatic heterocycles. The van der Waals surface area contributed by atoms with Crippen molar-refractivity contribution in [2.24, 2.45) is 0 Å². The fourth-order valence-electron chi connectivity index (χ4n) is 3.06. The normalized spacial score (nSPS) is 13.9. The van der Waals surface area contributed by atoms with Gasteiger partial charge >= 0.3 is 6.03 Å². The van der Waals surface area contributed by atoms with Crippen molar-refractivity contribution in [3.8, 4) is 0 Å². The highest BCUT2D eigenvalue weighted by atomic mass is 32.2. The van der Waals surface area contributed by atoms with Crippen LogP contribution in [0.25, 0.3) is 0 Å². The van der Waals surface area contributed by atoms with Gasteiger partial charge in [-0.15, -0.1) is 0 Å². The molecule has 0 aliphatic carbocycles. The maximum Gasteiger partial charge on any atom is 0.322 e. The van der Waals surface area contributed by atoms with Gasteiger partial charge in [-0.1, -0.05) is 19.1 Å². The van der Waals surface area contributed by atoms with E-state index in [1.165, 1.54) is 12.1 Å². The van der Waals surface area contributed by atoms with Crippen molar-refractivity contribution in [3.63, 3.8) is 0 Å². The van der Waals surface area contributed by atoms with Crippen LogP contribution < -0.4 is 14.9 Å². The SMILES string of the molecule is CCCN1C(=O)NCc2cc(NS(=O)(=O)Cc3ccc(C)cc3F)ccc21. The van der Waals surface area contributed by atoms with Crippen molar-refractivity contribution in [3.05, 3.63) is 58.9 Å². The summed E-state index contributed by atoms with van der Waals surface area (Å²) in [5, 5.41) is 2.78. The van der Waals surface area contributed by atoms with Crippen LogP contribution in [-0.2, 0) is 22.3 Å². The van der Waals surface area contributed by atoms with Gasteiger partial charge in [0.2, 0.25) is 10.0 Å². The molecular formula is C19H22FN3O3S. The summed E-state index contributed by atoms with van der Waals surface area (Å²) >= 11 is 0. The topological polar surface area (TPSA) is 78.5 Å². The number of nitrogens with zero attached hydrogens (tertiary/aromatic N) is 1. The van der Waals surface area contributed by atoms with Crippen LogP contribution in [0, 0.1) is 12.7 Å². The van der Waals surface area contributed by atoms with E-state index < -0.39 is 21.6 Å². The van der Waals surface area contributed by atoms with Gasteiger partial charge < -0.3 is 5.32 Å². The van der Waals surface area contributed by atoms with E-state index in [0.717, 1.165) is 23.2 Å². The predicted octanol–water partition coefficient (Wildman–Crippen LogP) is 3.52. The number of carbonyl (C=O) groups excluding carboxylic acids is 1. The number of nitrogens with one attached hydrogen (secondary N) is 2. The molecular weight excluding hydrogens is 369 g/mol. The molecule has 2 aromatic rings. The van der Waals surface area contributed by atoms with Crippen molar-refractivity contribution in [2.75, 3.05) is 16.2 Å². The Balaban J connectivity index is 1.80. The van der Waals surface area contributed by atoms with Gasteiger partial charge in [0, 0.05) is 24.3 Å². The van der Waals surface area contributed by atoms with Gasteiger partial charge in [-0.3, -0.25) is 9.62 Å². The number of anilines is 2. The Labute approximate surface area is 158 Å². The average molecular weight is 391 g/mol. The quantitative estimate of drug-likeness (QED) is 0.791. The summed E-state index contributed by atoms with van der Waals surface area (Å²) in [5.41, 5.74) is 2.83. The summed E-state index contributed by atoms with van der Waals surface area (Å²) in [6.45, 7) is 4.63. The summed E-state index contributed by atoms with van der Waals surface area (Å²) in [6, 6.07) is 9.35.